The summed E-state index contributed by atoms with van der Waals surface area (Å²) in [4.78, 5) is 30.7. The number of piperazine rings is 1. The second kappa shape index (κ2) is 6.89. The lowest BCUT2D eigenvalue weighted by Crippen LogP contribution is -2.60. The maximum absolute atomic E-state index is 13.1. The van der Waals surface area contributed by atoms with E-state index in [0.29, 0.717) is 19.6 Å². The molecule has 0 N–H and O–H groups in total. The molecule has 132 valence electrons. The number of carbonyl (C=O) groups is 2. The molecule has 2 amide bonds. The first-order valence-electron chi connectivity index (χ1n) is 8.11. The molecule has 0 bridgehead atoms. The predicted molar refractivity (Wildman–Crippen MR) is 91.1 cm³/mol. The molecule has 1 heterocycles. The fourth-order valence-electron chi connectivity index (χ4n) is 3.01. The monoisotopic (exact) mass is 335 g/mol. The highest BCUT2D eigenvalue weighted by Gasteiger charge is 2.39. The Morgan fingerprint density at radius 3 is 2.29 bits per heavy atom. The maximum atomic E-state index is 13.1. The van der Waals surface area contributed by atoms with E-state index in [2.05, 4.69) is 0 Å². The highest BCUT2D eigenvalue weighted by molar-refractivity contribution is 5.89. The van der Waals surface area contributed by atoms with Crippen LogP contribution in [0.25, 0.3) is 0 Å². The Morgan fingerprint density at radius 2 is 1.75 bits per heavy atom. The molecule has 1 aliphatic rings. The quantitative estimate of drug-likeness (QED) is 0.837. The molecular weight excluding hydrogens is 309 g/mol. The van der Waals surface area contributed by atoms with E-state index >= 15 is 0 Å². The van der Waals surface area contributed by atoms with Crippen molar-refractivity contribution in [3.05, 3.63) is 35.6 Å². The van der Waals surface area contributed by atoms with Gasteiger partial charge in [-0.05, 0) is 38.6 Å². The molecule has 0 saturated carbocycles. The molecule has 1 aromatic rings. The third-order valence-electron chi connectivity index (χ3n) is 4.76. The molecule has 5 nitrogen and oxygen atoms in total. The van der Waals surface area contributed by atoms with Gasteiger partial charge in [-0.25, -0.2) is 4.39 Å². The third-order valence-corrected chi connectivity index (χ3v) is 4.76. The number of halogens is 1. The average molecular weight is 335 g/mol. The van der Waals surface area contributed by atoms with E-state index in [0.717, 1.165) is 5.56 Å². The van der Waals surface area contributed by atoms with Crippen molar-refractivity contribution in [1.29, 1.82) is 0 Å². The second-order valence-corrected chi connectivity index (χ2v) is 7.11. The zero-order valence-corrected chi connectivity index (χ0v) is 15.0. The minimum absolute atomic E-state index is 0.00501. The van der Waals surface area contributed by atoms with Gasteiger partial charge >= 0.3 is 0 Å². The lowest BCUT2D eigenvalue weighted by molar-refractivity contribution is -0.144. The Hall–Kier alpha value is -1.95. The zero-order valence-electron chi connectivity index (χ0n) is 15.0. The second-order valence-electron chi connectivity index (χ2n) is 7.11. The van der Waals surface area contributed by atoms with Crippen molar-refractivity contribution in [3.8, 4) is 0 Å². The number of carbonyl (C=O) groups excluding carboxylic acids is 2. The van der Waals surface area contributed by atoms with E-state index in [9.17, 15) is 14.0 Å². The van der Waals surface area contributed by atoms with Gasteiger partial charge in [-0.1, -0.05) is 12.1 Å². The van der Waals surface area contributed by atoms with E-state index < -0.39 is 5.41 Å². The summed E-state index contributed by atoms with van der Waals surface area (Å²) in [7, 11) is 5.35. The summed E-state index contributed by atoms with van der Waals surface area (Å²) in [5.41, 5.74) is -0.00157. The van der Waals surface area contributed by atoms with Gasteiger partial charge in [0.1, 0.15) is 11.9 Å². The van der Waals surface area contributed by atoms with Crippen LogP contribution < -0.4 is 0 Å². The van der Waals surface area contributed by atoms with Crippen LogP contribution in [0.2, 0.25) is 0 Å². The molecule has 0 spiro atoms. The third kappa shape index (κ3) is 3.59. The number of rotatable bonds is 3. The number of benzene rings is 1. The summed E-state index contributed by atoms with van der Waals surface area (Å²) >= 11 is 0. The molecule has 1 aliphatic heterocycles. The summed E-state index contributed by atoms with van der Waals surface area (Å²) in [5.74, 6) is -0.369. The van der Waals surface area contributed by atoms with E-state index in [1.807, 2.05) is 25.8 Å². The molecule has 1 atom stereocenters. The lowest BCUT2D eigenvalue weighted by atomic mass is 9.83. The van der Waals surface area contributed by atoms with Crippen molar-refractivity contribution in [3.63, 3.8) is 0 Å². The van der Waals surface area contributed by atoms with Crippen molar-refractivity contribution >= 4 is 11.8 Å². The fourth-order valence-corrected chi connectivity index (χ4v) is 3.01. The van der Waals surface area contributed by atoms with Crippen molar-refractivity contribution in [2.24, 2.45) is 0 Å². The number of hydrogen-bond acceptors (Lipinski definition) is 3. The Labute approximate surface area is 143 Å². The smallest absolute Gasteiger partial charge is 0.241 e. The molecule has 0 aliphatic carbocycles. The lowest BCUT2D eigenvalue weighted by Gasteiger charge is -2.42. The van der Waals surface area contributed by atoms with E-state index in [-0.39, 0.29) is 23.7 Å². The number of likely N-dealkylation sites (N-methyl/N-ethyl adjacent to an activating group) is 2. The molecule has 6 heteroatoms. The van der Waals surface area contributed by atoms with Crippen LogP contribution in [0.3, 0.4) is 0 Å². The van der Waals surface area contributed by atoms with Crippen molar-refractivity contribution in [2.45, 2.75) is 25.3 Å². The van der Waals surface area contributed by atoms with Crippen molar-refractivity contribution < 1.29 is 14.0 Å². The largest absolute Gasteiger partial charge is 0.347 e. The van der Waals surface area contributed by atoms with Crippen LogP contribution in [0.4, 0.5) is 4.39 Å². The van der Waals surface area contributed by atoms with Crippen LogP contribution in [0.5, 0.6) is 0 Å². The van der Waals surface area contributed by atoms with Crippen LogP contribution in [-0.2, 0) is 15.0 Å². The van der Waals surface area contributed by atoms with Gasteiger partial charge in [0, 0.05) is 33.7 Å². The van der Waals surface area contributed by atoms with Gasteiger partial charge in [0.05, 0.1) is 5.41 Å². The molecule has 0 unspecified atom stereocenters. The standard InChI is InChI=1S/C18H26FN3O2/c1-18(2,13-6-8-14(19)9-7-13)17(24)22-11-10-21(5)15(12-22)16(23)20(3)4/h6-9,15H,10-12H2,1-5H3/t15-/m0/s1. The first-order valence-corrected chi connectivity index (χ1v) is 8.11. The summed E-state index contributed by atoms with van der Waals surface area (Å²) in [6.07, 6.45) is 0. The molecule has 1 saturated heterocycles. The Bertz CT molecular complexity index is 613. The molecule has 1 fully saturated rings. The number of amides is 2. The van der Waals surface area contributed by atoms with Crippen LogP contribution in [0.1, 0.15) is 19.4 Å². The van der Waals surface area contributed by atoms with Crippen LogP contribution >= 0.6 is 0 Å². The Morgan fingerprint density at radius 1 is 1.17 bits per heavy atom. The molecule has 24 heavy (non-hydrogen) atoms. The molecule has 0 aromatic heterocycles. The summed E-state index contributed by atoms with van der Waals surface area (Å²) < 4.78 is 13.1. The van der Waals surface area contributed by atoms with Gasteiger partial charge in [0.15, 0.2) is 0 Å². The first kappa shape index (κ1) is 18.4. The Kier molecular flexibility index (Phi) is 5.28. The predicted octanol–water partition coefficient (Wildman–Crippen LogP) is 1.33. The van der Waals surface area contributed by atoms with Gasteiger partial charge in [-0.2, -0.15) is 0 Å². The zero-order chi connectivity index (χ0) is 18.1. The Balaban J connectivity index is 2.19. The normalized spacial score (nSPS) is 19.2. The fraction of sp³-hybridized carbons (Fsp3) is 0.556. The summed E-state index contributed by atoms with van der Waals surface area (Å²) in [6.45, 7) is 5.27. The molecule has 0 radical (unpaired) electrons. The van der Waals surface area contributed by atoms with E-state index in [1.165, 1.54) is 12.1 Å². The molecule has 1 aromatic carbocycles. The topological polar surface area (TPSA) is 43.9 Å². The minimum atomic E-state index is -0.769. The SMILES string of the molecule is CN(C)C(=O)[C@@H]1CN(C(=O)C(C)(C)c2ccc(F)cc2)CCN1C. The van der Waals surface area contributed by atoms with Crippen molar-refractivity contribution in [1.82, 2.24) is 14.7 Å². The van der Waals surface area contributed by atoms with Gasteiger partial charge < -0.3 is 9.80 Å². The van der Waals surface area contributed by atoms with Crippen molar-refractivity contribution in [2.75, 3.05) is 40.8 Å². The van der Waals surface area contributed by atoms with E-state index in [4.69, 9.17) is 0 Å². The minimum Gasteiger partial charge on any atom is -0.347 e. The maximum Gasteiger partial charge on any atom is 0.241 e. The highest BCUT2D eigenvalue weighted by Crippen LogP contribution is 2.27. The van der Waals surface area contributed by atoms with Crippen LogP contribution in [0.15, 0.2) is 24.3 Å². The highest BCUT2D eigenvalue weighted by atomic mass is 19.1. The van der Waals surface area contributed by atoms with Gasteiger partial charge in [-0.15, -0.1) is 0 Å². The number of hydrogen-bond donors (Lipinski definition) is 0. The first-order chi connectivity index (χ1) is 11.1. The number of nitrogens with zero attached hydrogens (tertiary/aromatic N) is 3. The van der Waals surface area contributed by atoms with Crippen LogP contribution in [0, 0.1) is 5.82 Å². The summed E-state index contributed by atoms with van der Waals surface area (Å²) in [6, 6.07) is 5.69. The molecular formula is C18H26FN3O2. The summed E-state index contributed by atoms with van der Waals surface area (Å²) in [5, 5.41) is 0. The van der Waals surface area contributed by atoms with Crippen LogP contribution in [-0.4, -0.2) is 73.3 Å². The van der Waals surface area contributed by atoms with Gasteiger partial charge in [0.2, 0.25) is 11.8 Å². The average Bonchev–Trinajstić information content (AvgIpc) is 2.54. The molecule has 2 rings (SSSR count). The van der Waals surface area contributed by atoms with E-state index in [1.54, 1.807) is 36.0 Å². The van der Waals surface area contributed by atoms with Gasteiger partial charge in [-0.3, -0.25) is 14.5 Å². The van der Waals surface area contributed by atoms with Gasteiger partial charge in [0.25, 0.3) is 0 Å².